The summed E-state index contributed by atoms with van der Waals surface area (Å²) in [6, 6.07) is 14.5. The van der Waals surface area contributed by atoms with Crippen LogP contribution in [0.2, 0.25) is 5.02 Å². The number of hydrogen-bond acceptors (Lipinski definition) is 2. The van der Waals surface area contributed by atoms with Crippen LogP contribution in [0.1, 0.15) is 18.1 Å². The largest absolute Gasteiger partial charge is 0.370 e. The molecule has 0 aliphatic rings. The molecule has 0 fully saturated rings. The van der Waals surface area contributed by atoms with E-state index in [2.05, 4.69) is 55.1 Å². The molecular formula is C19H24ClN3. The van der Waals surface area contributed by atoms with Gasteiger partial charge in [-0.25, -0.2) is 4.99 Å². The highest BCUT2D eigenvalue weighted by Crippen LogP contribution is 2.33. The van der Waals surface area contributed by atoms with Crippen molar-refractivity contribution in [2.45, 2.75) is 20.4 Å². The topological polar surface area (TPSA) is 18.8 Å². The molecule has 23 heavy (non-hydrogen) atoms. The highest BCUT2D eigenvalue weighted by Gasteiger charge is 2.10. The van der Waals surface area contributed by atoms with E-state index in [1.165, 1.54) is 11.1 Å². The number of benzene rings is 2. The van der Waals surface area contributed by atoms with Crippen molar-refractivity contribution < 1.29 is 0 Å². The van der Waals surface area contributed by atoms with Crippen LogP contribution in [0, 0.1) is 6.92 Å². The van der Waals surface area contributed by atoms with Gasteiger partial charge in [-0.1, -0.05) is 41.9 Å². The molecule has 0 spiro atoms. The van der Waals surface area contributed by atoms with E-state index >= 15 is 0 Å². The molecule has 0 bridgehead atoms. The molecule has 0 saturated carbocycles. The summed E-state index contributed by atoms with van der Waals surface area (Å²) < 4.78 is 0. The lowest BCUT2D eigenvalue weighted by Gasteiger charge is -2.22. The molecule has 4 heteroatoms. The van der Waals surface area contributed by atoms with E-state index in [0.29, 0.717) is 5.02 Å². The zero-order chi connectivity index (χ0) is 16.8. The molecule has 2 aromatic rings. The standard InChI is InChI=1S/C19H24ClN3/c1-5-22(3)14-21-18-11-15(2)19(12-17(18)20)23(4)13-16-9-7-6-8-10-16/h6-12,14H,5,13H2,1-4H3. The number of rotatable bonds is 6. The molecule has 0 atom stereocenters. The highest BCUT2D eigenvalue weighted by molar-refractivity contribution is 6.33. The minimum atomic E-state index is 0.672. The van der Waals surface area contributed by atoms with E-state index in [9.17, 15) is 0 Å². The predicted molar refractivity (Wildman–Crippen MR) is 101 cm³/mol. The van der Waals surface area contributed by atoms with Crippen molar-refractivity contribution in [2.24, 2.45) is 4.99 Å². The van der Waals surface area contributed by atoms with Crippen molar-refractivity contribution in [3.63, 3.8) is 0 Å². The summed E-state index contributed by atoms with van der Waals surface area (Å²) in [5.74, 6) is 0. The molecule has 0 amide bonds. The van der Waals surface area contributed by atoms with Gasteiger partial charge in [-0.05, 0) is 37.1 Å². The Bertz CT molecular complexity index is 668. The van der Waals surface area contributed by atoms with Crippen LogP contribution in [0.25, 0.3) is 0 Å². The van der Waals surface area contributed by atoms with Gasteiger partial charge in [0.25, 0.3) is 0 Å². The quantitative estimate of drug-likeness (QED) is 0.554. The van der Waals surface area contributed by atoms with E-state index < -0.39 is 0 Å². The van der Waals surface area contributed by atoms with Crippen LogP contribution in [0.3, 0.4) is 0 Å². The average molecular weight is 330 g/mol. The minimum absolute atomic E-state index is 0.672. The Labute approximate surface area is 144 Å². The summed E-state index contributed by atoms with van der Waals surface area (Å²) >= 11 is 6.42. The number of halogens is 1. The summed E-state index contributed by atoms with van der Waals surface area (Å²) in [5, 5.41) is 0.672. The summed E-state index contributed by atoms with van der Waals surface area (Å²) in [6.45, 7) is 5.94. The third-order valence-electron chi connectivity index (χ3n) is 3.83. The summed E-state index contributed by atoms with van der Waals surface area (Å²) in [4.78, 5) is 8.70. The van der Waals surface area contributed by atoms with Gasteiger partial charge in [-0.3, -0.25) is 0 Å². The summed E-state index contributed by atoms with van der Waals surface area (Å²) in [6.07, 6.45) is 1.81. The van der Waals surface area contributed by atoms with Crippen LogP contribution in [0.4, 0.5) is 11.4 Å². The average Bonchev–Trinajstić information content (AvgIpc) is 2.55. The fourth-order valence-corrected chi connectivity index (χ4v) is 2.56. The van der Waals surface area contributed by atoms with Gasteiger partial charge >= 0.3 is 0 Å². The fraction of sp³-hybridized carbons (Fsp3) is 0.316. The number of aryl methyl sites for hydroxylation is 1. The van der Waals surface area contributed by atoms with Gasteiger partial charge in [0.1, 0.15) is 0 Å². The lowest BCUT2D eigenvalue weighted by atomic mass is 10.1. The van der Waals surface area contributed by atoms with Gasteiger partial charge < -0.3 is 9.80 Å². The normalized spacial score (nSPS) is 11.0. The first-order chi connectivity index (χ1) is 11.0. The Hall–Kier alpha value is -2.00. The Morgan fingerprint density at radius 3 is 2.48 bits per heavy atom. The van der Waals surface area contributed by atoms with Crippen molar-refractivity contribution in [1.29, 1.82) is 0 Å². The van der Waals surface area contributed by atoms with E-state index in [4.69, 9.17) is 11.6 Å². The van der Waals surface area contributed by atoms with Gasteiger partial charge in [0.05, 0.1) is 17.0 Å². The van der Waals surface area contributed by atoms with Gasteiger partial charge in [-0.2, -0.15) is 0 Å². The van der Waals surface area contributed by atoms with Crippen molar-refractivity contribution in [2.75, 3.05) is 25.5 Å². The second-order valence-corrected chi connectivity index (χ2v) is 6.16. The summed E-state index contributed by atoms with van der Waals surface area (Å²) in [7, 11) is 4.08. The number of nitrogens with zero attached hydrogens (tertiary/aromatic N) is 3. The molecule has 3 nitrogen and oxygen atoms in total. The predicted octanol–water partition coefficient (Wildman–Crippen LogP) is 4.90. The van der Waals surface area contributed by atoms with Gasteiger partial charge in [0, 0.05) is 32.9 Å². The monoisotopic (exact) mass is 329 g/mol. The molecule has 122 valence electrons. The second-order valence-electron chi connectivity index (χ2n) is 5.75. The Morgan fingerprint density at radius 2 is 1.83 bits per heavy atom. The molecule has 2 rings (SSSR count). The van der Waals surface area contributed by atoms with Crippen LogP contribution in [0.5, 0.6) is 0 Å². The Balaban J connectivity index is 2.20. The number of hydrogen-bond donors (Lipinski definition) is 0. The lowest BCUT2D eigenvalue weighted by Crippen LogP contribution is -2.17. The molecular weight excluding hydrogens is 306 g/mol. The van der Waals surface area contributed by atoms with Crippen LogP contribution < -0.4 is 4.90 Å². The lowest BCUT2D eigenvalue weighted by molar-refractivity contribution is 0.552. The van der Waals surface area contributed by atoms with E-state index in [1.807, 2.05) is 36.5 Å². The van der Waals surface area contributed by atoms with Gasteiger partial charge in [-0.15, -0.1) is 0 Å². The zero-order valence-electron chi connectivity index (χ0n) is 14.3. The highest BCUT2D eigenvalue weighted by atomic mass is 35.5. The van der Waals surface area contributed by atoms with Crippen LogP contribution in [-0.4, -0.2) is 31.9 Å². The van der Waals surface area contributed by atoms with Crippen LogP contribution in [0.15, 0.2) is 47.5 Å². The molecule has 0 N–H and O–H groups in total. The molecule has 2 aromatic carbocycles. The van der Waals surface area contributed by atoms with E-state index in [0.717, 1.165) is 24.5 Å². The van der Waals surface area contributed by atoms with E-state index in [1.54, 1.807) is 0 Å². The van der Waals surface area contributed by atoms with E-state index in [-0.39, 0.29) is 0 Å². The van der Waals surface area contributed by atoms with Crippen molar-refractivity contribution >= 4 is 29.3 Å². The molecule has 0 aliphatic carbocycles. The maximum Gasteiger partial charge on any atom is 0.0910 e. The fourth-order valence-electron chi connectivity index (χ4n) is 2.35. The molecule has 0 aromatic heterocycles. The van der Waals surface area contributed by atoms with Gasteiger partial charge in [0.15, 0.2) is 0 Å². The van der Waals surface area contributed by atoms with Crippen molar-refractivity contribution in [1.82, 2.24) is 4.90 Å². The third-order valence-corrected chi connectivity index (χ3v) is 4.13. The maximum absolute atomic E-state index is 6.42. The molecule has 0 unspecified atom stereocenters. The first-order valence-corrected chi connectivity index (χ1v) is 8.18. The molecule has 0 aliphatic heterocycles. The smallest absolute Gasteiger partial charge is 0.0910 e. The zero-order valence-corrected chi connectivity index (χ0v) is 15.0. The summed E-state index contributed by atoms with van der Waals surface area (Å²) in [5.41, 5.74) is 4.37. The maximum atomic E-state index is 6.42. The van der Waals surface area contributed by atoms with Crippen LogP contribution in [-0.2, 0) is 6.54 Å². The minimum Gasteiger partial charge on any atom is -0.370 e. The third kappa shape index (κ3) is 4.73. The number of aliphatic imine (C=N–C) groups is 1. The molecule has 0 radical (unpaired) electrons. The molecule has 0 heterocycles. The first-order valence-electron chi connectivity index (χ1n) is 7.81. The van der Waals surface area contributed by atoms with Crippen LogP contribution >= 0.6 is 11.6 Å². The Kier molecular flexibility index (Phi) is 6.05. The molecule has 0 saturated heterocycles. The second kappa shape index (κ2) is 8.02. The first kappa shape index (κ1) is 17.4. The SMILES string of the molecule is CCN(C)C=Nc1cc(C)c(N(C)Cc2ccccc2)cc1Cl. The van der Waals surface area contributed by atoms with Crippen molar-refractivity contribution in [3.8, 4) is 0 Å². The number of anilines is 1. The van der Waals surface area contributed by atoms with Gasteiger partial charge in [0.2, 0.25) is 0 Å². The Morgan fingerprint density at radius 1 is 1.13 bits per heavy atom. The van der Waals surface area contributed by atoms with Crippen molar-refractivity contribution in [3.05, 3.63) is 58.6 Å².